The van der Waals surface area contributed by atoms with E-state index in [9.17, 15) is 9.59 Å². The Labute approximate surface area is 197 Å². The van der Waals surface area contributed by atoms with Crippen molar-refractivity contribution in [2.75, 3.05) is 13.2 Å². The highest BCUT2D eigenvalue weighted by molar-refractivity contribution is 5.88. The summed E-state index contributed by atoms with van der Waals surface area (Å²) in [5.74, 6) is -0.863. The van der Waals surface area contributed by atoms with E-state index in [0.717, 1.165) is 16.3 Å². The van der Waals surface area contributed by atoms with Crippen molar-refractivity contribution in [1.29, 1.82) is 0 Å². The summed E-state index contributed by atoms with van der Waals surface area (Å²) in [6.45, 7) is 12.2. The lowest BCUT2D eigenvalue weighted by Gasteiger charge is -2.36. The molecule has 2 rings (SSSR count). The number of hydrogen-bond donors (Lipinski definition) is 1. The number of benzene rings is 2. The second-order valence-electron chi connectivity index (χ2n) is 9.02. The standard InChI is InChI=1S/C26H38N2O5/c1-7-31-25(32-8-2)18(3)28(24(30)22(27)16-23(29)33-26(4,5)6)17-20-14-11-13-19-12-9-10-15-21(19)20/h9-15,18,22,25H,7-8,16-17,27H2,1-6H3/t18-,22+/m1/s1. The van der Waals surface area contributed by atoms with Crippen LogP contribution in [0.25, 0.3) is 10.8 Å². The van der Waals surface area contributed by atoms with Crippen LogP contribution >= 0.6 is 0 Å². The van der Waals surface area contributed by atoms with Crippen LogP contribution in [0.1, 0.15) is 53.5 Å². The molecule has 0 fully saturated rings. The van der Waals surface area contributed by atoms with Crippen LogP contribution in [0.2, 0.25) is 0 Å². The number of nitrogens with zero attached hydrogens (tertiary/aromatic N) is 1. The van der Waals surface area contributed by atoms with Gasteiger partial charge in [0.15, 0.2) is 6.29 Å². The fraction of sp³-hybridized carbons (Fsp3) is 0.538. The van der Waals surface area contributed by atoms with Crippen molar-refractivity contribution in [2.45, 2.75) is 78.5 Å². The molecule has 1 amide bonds. The van der Waals surface area contributed by atoms with Crippen molar-refractivity contribution in [2.24, 2.45) is 5.73 Å². The van der Waals surface area contributed by atoms with Gasteiger partial charge in [0.25, 0.3) is 0 Å². The van der Waals surface area contributed by atoms with Gasteiger partial charge in [-0.15, -0.1) is 0 Å². The lowest BCUT2D eigenvalue weighted by Crippen LogP contribution is -2.53. The fourth-order valence-corrected chi connectivity index (χ4v) is 3.70. The minimum atomic E-state index is -1.04. The minimum Gasteiger partial charge on any atom is -0.460 e. The summed E-state index contributed by atoms with van der Waals surface area (Å²) in [5, 5.41) is 2.13. The summed E-state index contributed by atoms with van der Waals surface area (Å²) >= 11 is 0. The average Bonchev–Trinajstić information content (AvgIpc) is 2.75. The maximum absolute atomic E-state index is 13.5. The zero-order valence-corrected chi connectivity index (χ0v) is 20.7. The number of carbonyl (C=O) groups excluding carboxylic acids is 2. The number of fused-ring (bicyclic) bond motifs is 1. The van der Waals surface area contributed by atoms with Gasteiger partial charge in [-0.2, -0.15) is 0 Å². The van der Waals surface area contributed by atoms with Gasteiger partial charge in [0.1, 0.15) is 5.60 Å². The molecule has 2 N–H and O–H groups in total. The third-order valence-corrected chi connectivity index (χ3v) is 5.17. The first-order valence-electron chi connectivity index (χ1n) is 11.5. The second-order valence-corrected chi connectivity index (χ2v) is 9.02. The summed E-state index contributed by atoms with van der Waals surface area (Å²) in [6.07, 6.45) is -0.823. The predicted molar refractivity (Wildman–Crippen MR) is 129 cm³/mol. The van der Waals surface area contributed by atoms with Gasteiger partial charge in [0.2, 0.25) is 5.91 Å². The van der Waals surface area contributed by atoms with E-state index in [-0.39, 0.29) is 12.3 Å². The summed E-state index contributed by atoms with van der Waals surface area (Å²) in [4.78, 5) is 27.5. The highest BCUT2D eigenvalue weighted by Gasteiger charge is 2.33. The monoisotopic (exact) mass is 458 g/mol. The molecule has 0 aliphatic rings. The molecule has 7 heteroatoms. The Kier molecular flexibility index (Phi) is 9.83. The Morgan fingerprint density at radius 1 is 1.00 bits per heavy atom. The topological polar surface area (TPSA) is 91.1 Å². The van der Waals surface area contributed by atoms with Crippen LogP contribution in [-0.4, -0.2) is 54.0 Å². The minimum absolute atomic E-state index is 0.206. The van der Waals surface area contributed by atoms with E-state index in [1.807, 2.05) is 63.2 Å². The molecule has 2 aromatic carbocycles. The number of rotatable bonds is 11. The molecule has 33 heavy (non-hydrogen) atoms. The highest BCUT2D eigenvalue weighted by atomic mass is 16.7. The van der Waals surface area contributed by atoms with Gasteiger partial charge in [0.05, 0.1) is 18.5 Å². The van der Waals surface area contributed by atoms with Crippen LogP contribution in [0.15, 0.2) is 42.5 Å². The summed E-state index contributed by atoms with van der Waals surface area (Å²) in [6, 6.07) is 12.5. The van der Waals surface area contributed by atoms with Gasteiger partial charge >= 0.3 is 5.97 Å². The van der Waals surface area contributed by atoms with Crippen molar-refractivity contribution in [3.05, 3.63) is 48.0 Å². The Bertz CT molecular complexity index is 913. The van der Waals surface area contributed by atoms with E-state index in [1.165, 1.54) is 0 Å². The van der Waals surface area contributed by atoms with E-state index in [0.29, 0.717) is 19.8 Å². The molecule has 0 bridgehead atoms. The fourth-order valence-electron chi connectivity index (χ4n) is 3.70. The van der Waals surface area contributed by atoms with Gasteiger partial charge in [-0.1, -0.05) is 42.5 Å². The SMILES string of the molecule is CCOC(OCC)[C@@H](C)N(Cc1cccc2ccccc12)C(=O)[C@@H](N)CC(=O)OC(C)(C)C. The quantitative estimate of drug-likeness (QED) is 0.404. The van der Waals surface area contributed by atoms with E-state index >= 15 is 0 Å². The Morgan fingerprint density at radius 3 is 2.21 bits per heavy atom. The van der Waals surface area contributed by atoms with Gasteiger partial charge in [-0.25, -0.2) is 0 Å². The second kappa shape index (κ2) is 12.1. The van der Waals surface area contributed by atoms with Crippen molar-refractivity contribution in [1.82, 2.24) is 4.90 Å². The Hall–Kier alpha value is -2.48. The lowest BCUT2D eigenvalue weighted by atomic mass is 10.0. The summed E-state index contributed by atoms with van der Waals surface area (Å²) in [7, 11) is 0. The Balaban J connectivity index is 2.35. The number of esters is 1. The van der Waals surface area contributed by atoms with E-state index in [4.69, 9.17) is 19.9 Å². The zero-order valence-electron chi connectivity index (χ0n) is 20.7. The normalized spacial score (nSPS) is 13.7. The molecule has 0 saturated heterocycles. The molecule has 0 saturated carbocycles. The molecule has 7 nitrogen and oxygen atoms in total. The third kappa shape index (κ3) is 7.81. The van der Waals surface area contributed by atoms with Crippen LogP contribution in [0.4, 0.5) is 0 Å². The average molecular weight is 459 g/mol. The molecule has 0 radical (unpaired) electrons. The molecule has 0 heterocycles. The molecule has 2 aromatic rings. The first-order chi connectivity index (χ1) is 15.6. The van der Waals surface area contributed by atoms with Crippen molar-refractivity contribution >= 4 is 22.6 Å². The maximum Gasteiger partial charge on any atom is 0.308 e. The molecular weight excluding hydrogens is 420 g/mol. The van der Waals surface area contributed by atoms with Crippen LogP contribution < -0.4 is 5.73 Å². The number of hydrogen-bond acceptors (Lipinski definition) is 6. The van der Waals surface area contributed by atoms with Crippen molar-refractivity contribution in [3.8, 4) is 0 Å². The molecule has 0 aromatic heterocycles. The third-order valence-electron chi connectivity index (χ3n) is 5.17. The predicted octanol–water partition coefficient (Wildman–Crippen LogP) is 4.02. The molecule has 2 atom stereocenters. The molecule has 182 valence electrons. The molecule has 0 aliphatic carbocycles. The smallest absolute Gasteiger partial charge is 0.308 e. The first kappa shape index (κ1) is 26.8. The molecule has 0 aliphatic heterocycles. The maximum atomic E-state index is 13.5. The van der Waals surface area contributed by atoms with E-state index < -0.39 is 29.9 Å². The van der Waals surface area contributed by atoms with Crippen LogP contribution in [0.5, 0.6) is 0 Å². The number of amides is 1. The van der Waals surface area contributed by atoms with Crippen molar-refractivity contribution in [3.63, 3.8) is 0 Å². The van der Waals surface area contributed by atoms with Gasteiger partial charge in [-0.3, -0.25) is 9.59 Å². The Morgan fingerprint density at radius 2 is 1.61 bits per heavy atom. The molecular formula is C26H38N2O5. The number of carbonyl (C=O) groups is 2. The van der Waals surface area contributed by atoms with Gasteiger partial charge in [0, 0.05) is 19.8 Å². The van der Waals surface area contributed by atoms with E-state index in [1.54, 1.807) is 25.7 Å². The van der Waals surface area contributed by atoms with Crippen LogP contribution in [0.3, 0.4) is 0 Å². The molecule has 0 unspecified atom stereocenters. The lowest BCUT2D eigenvalue weighted by molar-refractivity contribution is -0.180. The number of ether oxygens (including phenoxy) is 3. The van der Waals surface area contributed by atoms with Crippen LogP contribution in [0, 0.1) is 0 Å². The molecule has 0 spiro atoms. The van der Waals surface area contributed by atoms with Gasteiger partial charge < -0.3 is 24.8 Å². The van der Waals surface area contributed by atoms with Crippen molar-refractivity contribution < 1.29 is 23.8 Å². The van der Waals surface area contributed by atoms with Gasteiger partial charge in [-0.05, 0) is 57.9 Å². The summed E-state index contributed by atoms with van der Waals surface area (Å²) in [5.41, 5.74) is 6.54. The highest BCUT2D eigenvalue weighted by Crippen LogP contribution is 2.23. The zero-order chi connectivity index (χ0) is 24.6. The summed E-state index contributed by atoms with van der Waals surface area (Å²) < 4.78 is 16.9. The van der Waals surface area contributed by atoms with Crippen LogP contribution in [-0.2, 0) is 30.3 Å². The van der Waals surface area contributed by atoms with E-state index in [2.05, 4.69) is 0 Å². The largest absolute Gasteiger partial charge is 0.460 e. The first-order valence-corrected chi connectivity index (χ1v) is 11.5. The number of nitrogens with two attached hydrogens (primary N) is 1.